The van der Waals surface area contributed by atoms with E-state index in [0.717, 1.165) is 17.1 Å². The number of hydrogen-bond acceptors (Lipinski definition) is 2. The molecule has 12 aromatic rings. The fourth-order valence-corrected chi connectivity index (χ4v) is 22.7. The first kappa shape index (κ1) is 41.2. The molecule has 2 aliphatic rings. The van der Waals surface area contributed by atoms with Crippen LogP contribution in [0.3, 0.4) is 0 Å². The van der Waals surface area contributed by atoms with Crippen molar-refractivity contribution in [2.75, 3.05) is 9.80 Å². The zero-order chi connectivity index (χ0) is 46.9. The molecule has 0 fully saturated rings. The van der Waals surface area contributed by atoms with Crippen molar-refractivity contribution in [2.24, 2.45) is 0 Å². The molecule has 3 heterocycles. The average molecular weight is 938 g/mol. The van der Waals surface area contributed by atoms with Gasteiger partial charge in [0.25, 0.3) is 0 Å². The van der Waals surface area contributed by atoms with Crippen LogP contribution >= 0.6 is 0 Å². The van der Waals surface area contributed by atoms with Crippen molar-refractivity contribution in [2.45, 2.75) is 0 Å². The van der Waals surface area contributed by atoms with Crippen LogP contribution in [0.25, 0.3) is 27.5 Å². The van der Waals surface area contributed by atoms with E-state index in [4.69, 9.17) is 0 Å². The van der Waals surface area contributed by atoms with Gasteiger partial charge >= 0.3 is 0 Å². The van der Waals surface area contributed by atoms with Crippen LogP contribution in [0.2, 0.25) is 0 Å². The third kappa shape index (κ3) is 6.00. The number of fused-ring (bicyclic) bond motifs is 7. The van der Waals surface area contributed by atoms with Gasteiger partial charge < -0.3 is 14.4 Å². The Kier molecular flexibility index (Phi) is 9.56. The second kappa shape index (κ2) is 16.5. The summed E-state index contributed by atoms with van der Waals surface area (Å²) in [6.07, 6.45) is 0. The van der Waals surface area contributed by atoms with Crippen molar-refractivity contribution >= 4 is 114 Å². The topological polar surface area (TPSA) is 11.4 Å². The van der Waals surface area contributed by atoms with Crippen molar-refractivity contribution in [1.82, 2.24) is 4.57 Å². The minimum Gasteiger partial charge on any atom is -0.311 e. The minimum absolute atomic E-state index is 1.13. The summed E-state index contributed by atoms with van der Waals surface area (Å²) in [4.78, 5) is 5.07. The largest absolute Gasteiger partial charge is 0.311 e. The quantitative estimate of drug-likeness (QED) is 0.148. The van der Waals surface area contributed by atoms with Crippen molar-refractivity contribution in [3.63, 3.8) is 0 Å². The van der Waals surface area contributed by atoms with E-state index in [9.17, 15) is 0 Å². The predicted octanol–water partition coefficient (Wildman–Crippen LogP) is 11.1. The Bertz CT molecular complexity index is 3530. The van der Waals surface area contributed by atoms with Crippen LogP contribution in [0.15, 0.2) is 285 Å². The maximum absolute atomic E-state index is 2.78. The van der Waals surface area contributed by atoms with Crippen molar-refractivity contribution in [3.8, 4) is 5.69 Å². The SMILES string of the molecule is c1ccc(-n2c3ccc(N4c5ccccc5[Si](c5ccccc5)(c5ccccc5)c5ccccc54)cc3c3cc(N4c5ccccc5[Si](c5ccccc5)(c5ccccc5)c5ccccc54)ccc32)cc1. The minimum atomic E-state index is -2.78. The van der Waals surface area contributed by atoms with E-state index in [1.165, 1.54) is 86.0 Å². The Morgan fingerprint density at radius 3 is 0.803 bits per heavy atom. The number of rotatable bonds is 7. The summed E-state index contributed by atoms with van der Waals surface area (Å²) in [7, 11) is -5.55. The lowest BCUT2D eigenvalue weighted by atomic mass is 10.1. The van der Waals surface area contributed by atoms with Crippen LogP contribution in [0.5, 0.6) is 0 Å². The molecule has 0 radical (unpaired) electrons. The number of nitrogens with zero attached hydrogens (tertiary/aromatic N) is 3. The van der Waals surface area contributed by atoms with E-state index in [0.29, 0.717) is 0 Å². The molecule has 0 unspecified atom stereocenters. The Balaban J connectivity index is 1.01. The van der Waals surface area contributed by atoms with Gasteiger partial charge in [0.05, 0.1) is 11.0 Å². The molecule has 334 valence electrons. The number of hydrogen-bond donors (Lipinski definition) is 0. The second-order valence-corrected chi connectivity index (χ2v) is 26.2. The monoisotopic (exact) mass is 937 g/mol. The van der Waals surface area contributed by atoms with Gasteiger partial charge in [0.2, 0.25) is 0 Å². The standard InChI is InChI=1S/C66H47N3Si2/c1-6-24-48(25-7-1)67-57-44-42-49(68-59-34-16-20-38-63(59)70(51-26-8-2-9-27-51,52-28-10-3-11-29-52)64-39-21-17-35-60(64)68)46-55(57)56-47-50(43-45-58(56)67)69-61-36-18-22-40-65(61)71(53-30-12-4-13-31-53,54-32-14-5-15-33-54)66-41-23-19-37-62(66)69/h1-47H. The van der Waals surface area contributed by atoms with Gasteiger partial charge in [-0.1, -0.05) is 212 Å². The summed E-state index contributed by atoms with van der Waals surface area (Å²) in [6, 6.07) is 107. The van der Waals surface area contributed by atoms with Crippen molar-refractivity contribution in [1.29, 1.82) is 0 Å². The zero-order valence-electron chi connectivity index (χ0n) is 39.0. The van der Waals surface area contributed by atoms with Crippen LogP contribution in [-0.4, -0.2) is 20.7 Å². The highest BCUT2D eigenvalue weighted by molar-refractivity contribution is 7.22. The molecule has 5 heteroatoms. The first-order chi connectivity index (χ1) is 35.3. The molecule has 0 aliphatic carbocycles. The summed E-state index contributed by atoms with van der Waals surface area (Å²) >= 11 is 0. The molecule has 0 N–H and O–H groups in total. The summed E-state index contributed by atoms with van der Waals surface area (Å²) in [6.45, 7) is 0. The van der Waals surface area contributed by atoms with Crippen LogP contribution in [0.4, 0.5) is 34.1 Å². The molecule has 0 atom stereocenters. The number of para-hydroxylation sites is 5. The third-order valence-electron chi connectivity index (χ3n) is 15.3. The Morgan fingerprint density at radius 1 is 0.225 bits per heavy atom. The normalized spacial score (nSPS) is 14.1. The van der Waals surface area contributed by atoms with Gasteiger partial charge in [-0.15, -0.1) is 0 Å². The molecule has 2 aliphatic heterocycles. The first-order valence-electron chi connectivity index (χ1n) is 24.6. The maximum Gasteiger partial charge on any atom is 0.184 e. The van der Waals surface area contributed by atoms with Gasteiger partial charge in [0.1, 0.15) is 0 Å². The van der Waals surface area contributed by atoms with Gasteiger partial charge in [-0.2, -0.15) is 0 Å². The fourth-order valence-electron chi connectivity index (χ4n) is 12.5. The average Bonchev–Trinajstić information content (AvgIpc) is 3.78. The Labute approximate surface area is 416 Å². The lowest BCUT2D eigenvalue weighted by Crippen LogP contribution is -2.77. The molecule has 1 aromatic heterocycles. The van der Waals surface area contributed by atoms with Crippen molar-refractivity contribution < 1.29 is 0 Å². The van der Waals surface area contributed by atoms with Crippen LogP contribution in [-0.2, 0) is 0 Å². The molecule has 0 saturated carbocycles. The molecular weight excluding hydrogens is 891 g/mol. The van der Waals surface area contributed by atoms with E-state index in [1.54, 1.807) is 0 Å². The van der Waals surface area contributed by atoms with E-state index < -0.39 is 16.1 Å². The summed E-state index contributed by atoms with van der Waals surface area (Å²) in [5.74, 6) is 0. The van der Waals surface area contributed by atoms with Crippen LogP contribution in [0, 0.1) is 0 Å². The van der Waals surface area contributed by atoms with Crippen LogP contribution < -0.4 is 51.3 Å². The van der Waals surface area contributed by atoms with Gasteiger partial charge in [-0.3, -0.25) is 0 Å². The third-order valence-corrected chi connectivity index (χ3v) is 25.0. The zero-order valence-corrected chi connectivity index (χ0v) is 41.0. The fraction of sp³-hybridized carbons (Fsp3) is 0. The van der Waals surface area contributed by atoms with Crippen molar-refractivity contribution in [3.05, 3.63) is 285 Å². The molecule has 0 saturated heterocycles. The molecule has 0 bridgehead atoms. The van der Waals surface area contributed by atoms with E-state index >= 15 is 0 Å². The van der Waals surface area contributed by atoms with Gasteiger partial charge in [0, 0.05) is 50.6 Å². The molecule has 11 aromatic carbocycles. The second-order valence-electron chi connectivity index (χ2n) is 18.8. The number of anilines is 6. The predicted molar refractivity (Wildman–Crippen MR) is 304 cm³/mol. The molecule has 0 spiro atoms. The Hall–Kier alpha value is -8.75. The molecule has 0 amide bonds. The molecular formula is C66H47N3Si2. The maximum atomic E-state index is 2.53. The van der Waals surface area contributed by atoms with Gasteiger partial charge in [0.15, 0.2) is 16.1 Å². The molecule has 14 rings (SSSR count). The number of aromatic nitrogens is 1. The van der Waals surface area contributed by atoms with Crippen LogP contribution in [0.1, 0.15) is 0 Å². The Morgan fingerprint density at radius 2 is 0.493 bits per heavy atom. The lowest BCUT2D eigenvalue weighted by molar-refractivity contribution is 1.18. The highest BCUT2D eigenvalue weighted by atomic mass is 28.3. The van der Waals surface area contributed by atoms with E-state index in [-0.39, 0.29) is 0 Å². The highest BCUT2D eigenvalue weighted by Gasteiger charge is 2.50. The number of benzene rings is 11. The van der Waals surface area contributed by atoms with E-state index in [2.05, 4.69) is 299 Å². The highest BCUT2D eigenvalue weighted by Crippen LogP contribution is 2.45. The first-order valence-corrected chi connectivity index (χ1v) is 28.6. The van der Waals surface area contributed by atoms with Gasteiger partial charge in [-0.25, -0.2) is 0 Å². The lowest BCUT2D eigenvalue weighted by Gasteiger charge is -2.45. The summed E-state index contributed by atoms with van der Waals surface area (Å²) in [5.41, 5.74) is 10.6. The molecule has 3 nitrogen and oxygen atoms in total. The van der Waals surface area contributed by atoms with E-state index in [1.807, 2.05) is 0 Å². The molecule has 71 heavy (non-hydrogen) atoms. The smallest absolute Gasteiger partial charge is 0.184 e. The van der Waals surface area contributed by atoms with Gasteiger partial charge in [-0.05, 0) is 114 Å². The summed E-state index contributed by atoms with van der Waals surface area (Å²) in [5, 5.41) is 13.5. The summed E-state index contributed by atoms with van der Waals surface area (Å²) < 4.78 is 2.44.